The predicted octanol–water partition coefficient (Wildman–Crippen LogP) is 4.76. The van der Waals surface area contributed by atoms with Crippen LogP contribution in [0.15, 0.2) is 66.7 Å². The van der Waals surface area contributed by atoms with Gasteiger partial charge in [0.1, 0.15) is 12.4 Å². The summed E-state index contributed by atoms with van der Waals surface area (Å²) in [6.45, 7) is 1.92. The summed E-state index contributed by atoms with van der Waals surface area (Å²) in [5, 5.41) is 13.1. The molecule has 186 valence electrons. The van der Waals surface area contributed by atoms with Crippen LogP contribution in [0.1, 0.15) is 30.7 Å². The van der Waals surface area contributed by atoms with E-state index in [1.807, 2.05) is 6.07 Å². The second kappa shape index (κ2) is 10.0. The first-order chi connectivity index (χ1) is 16.4. The van der Waals surface area contributed by atoms with Crippen LogP contribution in [-0.2, 0) is 22.5 Å². The zero-order valence-electron chi connectivity index (χ0n) is 19.1. The molecule has 0 fully saturated rings. The molecule has 0 bridgehead atoms. The molecule has 10 heteroatoms. The number of alkyl halides is 3. The van der Waals surface area contributed by atoms with Crippen molar-refractivity contribution in [3.8, 4) is 11.3 Å². The van der Waals surface area contributed by atoms with Gasteiger partial charge >= 0.3 is 12.3 Å². The van der Waals surface area contributed by atoms with E-state index in [9.17, 15) is 27.5 Å². The number of nitrogens with one attached hydrogen (secondary N) is 1. The standard InChI is InChI=1S/C25H25F4N3O3/c1-23(2,32-22(33)35-14-16-6-4-3-5-7-16)18-12-20(17-8-10-19(26)11-9-17)31-21(13-18)24(34,15-30)25(27,28)29/h3-13,34H,14-15,30H2,1-2H3,(H,32,33). The maximum absolute atomic E-state index is 13.8. The Morgan fingerprint density at radius 2 is 1.69 bits per heavy atom. The molecule has 0 radical (unpaired) electrons. The van der Waals surface area contributed by atoms with Gasteiger partial charge in [0.05, 0.1) is 16.9 Å². The highest BCUT2D eigenvalue weighted by Crippen LogP contribution is 2.39. The van der Waals surface area contributed by atoms with E-state index in [0.29, 0.717) is 5.56 Å². The number of halogens is 4. The molecule has 1 aromatic heterocycles. The number of hydrogen-bond acceptors (Lipinski definition) is 5. The summed E-state index contributed by atoms with van der Waals surface area (Å²) in [5.74, 6) is -0.540. The summed E-state index contributed by atoms with van der Waals surface area (Å²) in [7, 11) is 0. The van der Waals surface area contributed by atoms with Crippen LogP contribution < -0.4 is 11.1 Å². The van der Waals surface area contributed by atoms with Gasteiger partial charge in [-0.2, -0.15) is 13.2 Å². The summed E-state index contributed by atoms with van der Waals surface area (Å²) >= 11 is 0. The minimum Gasteiger partial charge on any atom is -0.445 e. The minimum absolute atomic E-state index is 0.00776. The first kappa shape index (κ1) is 26.1. The van der Waals surface area contributed by atoms with Crippen LogP contribution in [0.25, 0.3) is 11.3 Å². The fourth-order valence-electron chi connectivity index (χ4n) is 3.32. The molecule has 1 atom stereocenters. The monoisotopic (exact) mass is 491 g/mol. The van der Waals surface area contributed by atoms with Gasteiger partial charge in [-0.1, -0.05) is 30.3 Å². The largest absolute Gasteiger partial charge is 0.445 e. The molecule has 1 unspecified atom stereocenters. The molecule has 0 aliphatic heterocycles. The summed E-state index contributed by atoms with van der Waals surface area (Å²) in [6.07, 6.45) is -5.93. The van der Waals surface area contributed by atoms with E-state index in [1.165, 1.54) is 18.2 Å². The number of carbonyl (C=O) groups excluding carboxylic acids is 1. The smallest absolute Gasteiger partial charge is 0.424 e. The Morgan fingerprint density at radius 3 is 2.26 bits per heavy atom. The van der Waals surface area contributed by atoms with Crippen LogP contribution in [-0.4, -0.2) is 28.9 Å². The lowest BCUT2D eigenvalue weighted by atomic mass is 9.89. The zero-order valence-corrected chi connectivity index (χ0v) is 19.1. The third kappa shape index (κ3) is 5.95. The summed E-state index contributed by atoms with van der Waals surface area (Å²) < 4.78 is 59.9. The Bertz CT molecular complexity index is 1170. The maximum atomic E-state index is 13.8. The third-order valence-corrected chi connectivity index (χ3v) is 5.50. The Hall–Kier alpha value is -3.50. The molecule has 6 nitrogen and oxygen atoms in total. The molecule has 0 aliphatic rings. The topological polar surface area (TPSA) is 97.5 Å². The number of aromatic nitrogens is 1. The van der Waals surface area contributed by atoms with Crippen LogP contribution in [0.3, 0.4) is 0 Å². The SMILES string of the molecule is CC(C)(NC(=O)OCc1ccccc1)c1cc(-c2ccc(F)cc2)nc(C(O)(CN)C(F)(F)F)c1. The first-order valence-corrected chi connectivity index (χ1v) is 10.6. The quantitative estimate of drug-likeness (QED) is 0.414. The van der Waals surface area contributed by atoms with Gasteiger partial charge in [-0.3, -0.25) is 0 Å². The van der Waals surface area contributed by atoms with Gasteiger partial charge in [0, 0.05) is 12.1 Å². The van der Waals surface area contributed by atoms with Crippen molar-refractivity contribution in [3.63, 3.8) is 0 Å². The van der Waals surface area contributed by atoms with E-state index in [1.54, 1.807) is 38.1 Å². The average Bonchev–Trinajstić information content (AvgIpc) is 2.82. The number of amides is 1. The molecule has 1 amide bonds. The highest BCUT2D eigenvalue weighted by atomic mass is 19.4. The van der Waals surface area contributed by atoms with E-state index < -0.39 is 41.5 Å². The molecule has 0 saturated carbocycles. The van der Waals surface area contributed by atoms with Crippen molar-refractivity contribution < 1.29 is 32.2 Å². The number of pyridine rings is 1. The number of nitrogens with two attached hydrogens (primary N) is 1. The van der Waals surface area contributed by atoms with Crippen molar-refractivity contribution in [2.24, 2.45) is 5.73 Å². The molecule has 0 aliphatic carbocycles. The number of hydrogen-bond donors (Lipinski definition) is 3. The Labute approximate surface area is 199 Å². The molecular weight excluding hydrogens is 466 g/mol. The van der Waals surface area contributed by atoms with E-state index >= 15 is 0 Å². The lowest BCUT2D eigenvalue weighted by Gasteiger charge is -2.32. The fraction of sp³-hybridized carbons (Fsp3) is 0.280. The highest BCUT2D eigenvalue weighted by molar-refractivity contribution is 5.69. The fourth-order valence-corrected chi connectivity index (χ4v) is 3.32. The highest BCUT2D eigenvalue weighted by Gasteiger charge is 2.55. The molecule has 1 heterocycles. The second-order valence-corrected chi connectivity index (χ2v) is 8.51. The van der Waals surface area contributed by atoms with Crippen LogP contribution in [0.4, 0.5) is 22.4 Å². The van der Waals surface area contributed by atoms with Gasteiger partial charge in [0.2, 0.25) is 5.60 Å². The number of nitrogens with zero attached hydrogens (tertiary/aromatic N) is 1. The van der Waals surface area contributed by atoms with Crippen LogP contribution in [0.2, 0.25) is 0 Å². The first-order valence-electron chi connectivity index (χ1n) is 10.6. The zero-order chi connectivity index (χ0) is 25.9. The van der Waals surface area contributed by atoms with E-state index in [0.717, 1.165) is 23.8 Å². The van der Waals surface area contributed by atoms with Gasteiger partial charge in [0.25, 0.3) is 0 Å². The number of carbonyl (C=O) groups is 1. The van der Waals surface area contributed by atoms with Gasteiger partial charge in [-0.25, -0.2) is 14.2 Å². The molecule has 0 saturated heterocycles. The Balaban J connectivity index is 1.99. The third-order valence-electron chi connectivity index (χ3n) is 5.50. The van der Waals surface area contributed by atoms with Gasteiger partial charge in [0.15, 0.2) is 0 Å². The number of ether oxygens (including phenoxy) is 1. The van der Waals surface area contributed by atoms with E-state index in [-0.39, 0.29) is 17.9 Å². The van der Waals surface area contributed by atoms with Crippen LogP contribution >= 0.6 is 0 Å². The Kier molecular flexibility index (Phi) is 7.47. The number of alkyl carbamates (subject to hydrolysis) is 1. The molecule has 0 spiro atoms. The molecule has 4 N–H and O–H groups in total. The van der Waals surface area contributed by atoms with Crippen molar-refractivity contribution in [1.29, 1.82) is 0 Å². The van der Waals surface area contributed by atoms with Crippen LogP contribution in [0.5, 0.6) is 0 Å². The Morgan fingerprint density at radius 1 is 1.06 bits per heavy atom. The lowest BCUT2D eigenvalue weighted by molar-refractivity contribution is -0.263. The van der Waals surface area contributed by atoms with Crippen molar-refractivity contribution in [2.45, 2.75) is 37.8 Å². The number of aliphatic hydroxyl groups is 1. The van der Waals surface area contributed by atoms with Gasteiger partial charge in [-0.05, 0) is 61.4 Å². The van der Waals surface area contributed by atoms with E-state index in [4.69, 9.17) is 10.5 Å². The summed E-state index contributed by atoms with van der Waals surface area (Å²) in [6, 6.07) is 16.4. The van der Waals surface area contributed by atoms with Gasteiger partial charge < -0.3 is 20.9 Å². The average molecular weight is 491 g/mol. The minimum atomic E-state index is -5.13. The van der Waals surface area contributed by atoms with Gasteiger partial charge in [-0.15, -0.1) is 0 Å². The van der Waals surface area contributed by atoms with Crippen LogP contribution in [0, 0.1) is 5.82 Å². The normalized spacial score (nSPS) is 13.7. The molecular formula is C25H25F4N3O3. The van der Waals surface area contributed by atoms with Crippen molar-refractivity contribution in [1.82, 2.24) is 10.3 Å². The maximum Gasteiger partial charge on any atom is 0.424 e. The number of benzene rings is 2. The molecule has 3 rings (SSSR count). The predicted molar refractivity (Wildman–Crippen MR) is 121 cm³/mol. The van der Waals surface area contributed by atoms with E-state index in [2.05, 4.69) is 10.3 Å². The second-order valence-electron chi connectivity index (χ2n) is 8.51. The van der Waals surface area contributed by atoms with Crippen molar-refractivity contribution >= 4 is 6.09 Å². The number of rotatable bonds is 7. The van der Waals surface area contributed by atoms with Crippen molar-refractivity contribution in [3.05, 3.63) is 89.4 Å². The van der Waals surface area contributed by atoms with Crippen molar-refractivity contribution in [2.75, 3.05) is 6.54 Å². The molecule has 35 heavy (non-hydrogen) atoms. The summed E-state index contributed by atoms with van der Waals surface area (Å²) in [5.41, 5.74) is 1.15. The lowest BCUT2D eigenvalue weighted by Crippen LogP contribution is -2.49. The summed E-state index contributed by atoms with van der Waals surface area (Å²) in [4.78, 5) is 16.4. The molecule has 2 aromatic carbocycles. The molecule has 3 aromatic rings.